The summed E-state index contributed by atoms with van der Waals surface area (Å²) in [7, 11) is 1.69. The average molecular weight is 319 g/mol. The Bertz CT molecular complexity index is 830. The minimum absolute atomic E-state index is 0.0673. The average Bonchev–Trinajstić information content (AvgIpc) is 2.73. The number of hydrogen-bond donors (Lipinski definition) is 1. The van der Waals surface area contributed by atoms with Crippen molar-refractivity contribution in [3.8, 4) is 11.9 Å². The van der Waals surface area contributed by atoms with Gasteiger partial charge in [-0.25, -0.2) is 9.07 Å². The molecule has 1 aromatic carbocycles. The van der Waals surface area contributed by atoms with E-state index in [1.165, 1.54) is 16.8 Å². The third-order valence-electron chi connectivity index (χ3n) is 3.67. The lowest BCUT2D eigenvalue weighted by molar-refractivity contribution is 0.357. The summed E-state index contributed by atoms with van der Waals surface area (Å²) >= 11 is 6.18. The Balaban J connectivity index is 2.36. The van der Waals surface area contributed by atoms with Crippen LogP contribution in [0.5, 0.6) is 5.88 Å². The number of nitriles is 1. The standard InChI is InChI=1S/C15H12ClFN4O/c1-7-11-12(13-9(16)4-3-5-10(13)17)8(6-18)14(19)22-15(11)21(2)20-7/h3-5,12H,19H2,1-2H3/t12-/m0/s1. The number of fused-ring (bicyclic) bond motifs is 1. The predicted octanol–water partition coefficient (Wildman–Crippen LogP) is 2.74. The molecule has 0 saturated heterocycles. The van der Waals surface area contributed by atoms with Crippen LogP contribution in [-0.2, 0) is 7.05 Å². The van der Waals surface area contributed by atoms with Crippen LogP contribution >= 0.6 is 11.6 Å². The Labute approximate surface area is 131 Å². The van der Waals surface area contributed by atoms with E-state index in [0.29, 0.717) is 17.1 Å². The van der Waals surface area contributed by atoms with Gasteiger partial charge in [0.05, 0.1) is 17.2 Å². The zero-order chi connectivity index (χ0) is 16.0. The Kier molecular flexibility index (Phi) is 3.30. The van der Waals surface area contributed by atoms with Gasteiger partial charge in [0.1, 0.15) is 17.5 Å². The van der Waals surface area contributed by atoms with Crippen LogP contribution in [0.1, 0.15) is 22.7 Å². The van der Waals surface area contributed by atoms with Crippen molar-refractivity contribution in [2.45, 2.75) is 12.8 Å². The molecule has 0 bridgehead atoms. The van der Waals surface area contributed by atoms with Gasteiger partial charge in [-0.1, -0.05) is 17.7 Å². The Hall–Kier alpha value is -2.52. The van der Waals surface area contributed by atoms with Gasteiger partial charge < -0.3 is 10.5 Å². The van der Waals surface area contributed by atoms with Gasteiger partial charge in [-0.05, 0) is 19.1 Å². The third-order valence-corrected chi connectivity index (χ3v) is 4.00. The van der Waals surface area contributed by atoms with Crippen LogP contribution in [0.3, 0.4) is 0 Å². The maximum atomic E-state index is 14.4. The molecule has 0 radical (unpaired) electrons. The molecule has 112 valence electrons. The second kappa shape index (κ2) is 5.04. The van der Waals surface area contributed by atoms with E-state index in [9.17, 15) is 9.65 Å². The molecule has 1 aromatic heterocycles. The lowest BCUT2D eigenvalue weighted by Gasteiger charge is -2.25. The molecular formula is C15H12ClFN4O. The number of allylic oxidation sites excluding steroid dienone is 1. The topological polar surface area (TPSA) is 76.9 Å². The first-order valence-electron chi connectivity index (χ1n) is 6.50. The van der Waals surface area contributed by atoms with E-state index < -0.39 is 11.7 Å². The summed E-state index contributed by atoms with van der Waals surface area (Å²) in [4.78, 5) is 0. The van der Waals surface area contributed by atoms with Gasteiger partial charge in [-0.15, -0.1) is 0 Å². The van der Waals surface area contributed by atoms with Crippen molar-refractivity contribution in [1.82, 2.24) is 9.78 Å². The fourth-order valence-corrected chi connectivity index (χ4v) is 3.02. The molecule has 1 aliphatic heterocycles. The summed E-state index contributed by atoms with van der Waals surface area (Å²) in [6.45, 7) is 1.76. The minimum atomic E-state index is -0.740. The molecule has 2 heterocycles. The van der Waals surface area contributed by atoms with Crippen molar-refractivity contribution in [2.24, 2.45) is 12.8 Å². The molecule has 5 nitrogen and oxygen atoms in total. The van der Waals surface area contributed by atoms with Crippen LogP contribution in [0.15, 0.2) is 29.7 Å². The Morgan fingerprint density at radius 1 is 1.45 bits per heavy atom. The van der Waals surface area contributed by atoms with Crippen LogP contribution in [0, 0.1) is 24.1 Å². The fraction of sp³-hybridized carbons (Fsp3) is 0.200. The molecule has 3 rings (SSSR count). The van der Waals surface area contributed by atoms with Gasteiger partial charge in [0.25, 0.3) is 0 Å². The number of aromatic nitrogens is 2. The molecule has 0 saturated carbocycles. The molecule has 0 aliphatic carbocycles. The van der Waals surface area contributed by atoms with Gasteiger partial charge in [0.2, 0.25) is 11.8 Å². The number of rotatable bonds is 1. The zero-order valence-electron chi connectivity index (χ0n) is 11.9. The number of hydrogen-bond acceptors (Lipinski definition) is 4. The van der Waals surface area contributed by atoms with Crippen molar-refractivity contribution in [1.29, 1.82) is 5.26 Å². The molecule has 22 heavy (non-hydrogen) atoms. The molecule has 1 aliphatic rings. The first-order valence-corrected chi connectivity index (χ1v) is 6.88. The Morgan fingerprint density at radius 3 is 2.82 bits per heavy atom. The highest BCUT2D eigenvalue weighted by atomic mass is 35.5. The number of ether oxygens (including phenoxy) is 1. The fourth-order valence-electron chi connectivity index (χ4n) is 2.75. The quantitative estimate of drug-likeness (QED) is 0.877. The monoisotopic (exact) mass is 318 g/mol. The molecular weight excluding hydrogens is 307 g/mol. The predicted molar refractivity (Wildman–Crippen MR) is 78.7 cm³/mol. The number of benzene rings is 1. The third kappa shape index (κ3) is 1.94. The highest BCUT2D eigenvalue weighted by Crippen LogP contribution is 2.46. The van der Waals surface area contributed by atoms with Gasteiger partial charge >= 0.3 is 0 Å². The summed E-state index contributed by atoms with van der Waals surface area (Å²) in [6, 6.07) is 6.39. The van der Waals surface area contributed by atoms with Gasteiger partial charge in [0, 0.05) is 17.6 Å². The highest BCUT2D eigenvalue weighted by Gasteiger charge is 2.37. The smallest absolute Gasteiger partial charge is 0.224 e. The normalized spacial score (nSPS) is 17.0. The van der Waals surface area contributed by atoms with E-state index in [2.05, 4.69) is 5.10 Å². The van der Waals surface area contributed by atoms with Crippen molar-refractivity contribution < 1.29 is 9.13 Å². The van der Waals surface area contributed by atoms with Crippen molar-refractivity contribution in [2.75, 3.05) is 0 Å². The summed E-state index contributed by atoms with van der Waals surface area (Å²) in [5.74, 6) is -0.925. The van der Waals surface area contributed by atoms with Crippen LogP contribution in [0.2, 0.25) is 5.02 Å². The van der Waals surface area contributed by atoms with E-state index in [4.69, 9.17) is 22.1 Å². The number of nitrogens with two attached hydrogens (primary N) is 1. The van der Waals surface area contributed by atoms with Gasteiger partial charge in [0.15, 0.2) is 0 Å². The summed E-state index contributed by atoms with van der Waals surface area (Å²) < 4.78 is 21.4. The highest BCUT2D eigenvalue weighted by molar-refractivity contribution is 6.31. The summed E-state index contributed by atoms with van der Waals surface area (Å²) in [5.41, 5.74) is 7.38. The van der Waals surface area contributed by atoms with Crippen molar-refractivity contribution in [3.05, 3.63) is 57.3 Å². The van der Waals surface area contributed by atoms with E-state index in [0.717, 1.165) is 0 Å². The number of nitrogens with zero attached hydrogens (tertiary/aromatic N) is 3. The van der Waals surface area contributed by atoms with E-state index in [-0.39, 0.29) is 22.0 Å². The van der Waals surface area contributed by atoms with Crippen LogP contribution in [0.25, 0.3) is 0 Å². The maximum Gasteiger partial charge on any atom is 0.224 e. The van der Waals surface area contributed by atoms with Crippen molar-refractivity contribution in [3.63, 3.8) is 0 Å². The second-order valence-corrected chi connectivity index (χ2v) is 5.40. The lowest BCUT2D eigenvalue weighted by atomic mass is 9.84. The molecule has 7 heteroatoms. The van der Waals surface area contributed by atoms with Gasteiger partial charge in [-0.3, -0.25) is 0 Å². The van der Waals surface area contributed by atoms with Crippen LogP contribution < -0.4 is 10.5 Å². The summed E-state index contributed by atoms with van der Waals surface area (Å²) in [6.07, 6.45) is 0. The largest absolute Gasteiger partial charge is 0.422 e. The first kappa shape index (κ1) is 14.4. The van der Waals surface area contributed by atoms with Gasteiger partial charge in [-0.2, -0.15) is 10.4 Å². The lowest BCUT2D eigenvalue weighted by Crippen LogP contribution is -2.22. The molecule has 0 unspecified atom stereocenters. The molecule has 0 fully saturated rings. The first-order chi connectivity index (χ1) is 10.5. The number of aryl methyl sites for hydroxylation is 2. The van der Waals surface area contributed by atoms with Crippen LogP contribution in [-0.4, -0.2) is 9.78 Å². The molecule has 2 aromatic rings. The zero-order valence-corrected chi connectivity index (χ0v) is 12.6. The second-order valence-electron chi connectivity index (χ2n) is 4.99. The maximum absolute atomic E-state index is 14.4. The van der Waals surface area contributed by atoms with Crippen molar-refractivity contribution >= 4 is 11.6 Å². The molecule has 0 spiro atoms. The molecule has 0 amide bonds. The van der Waals surface area contributed by atoms with E-state index >= 15 is 0 Å². The van der Waals surface area contributed by atoms with E-state index in [1.54, 1.807) is 20.0 Å². The number of halogens is 2. The summed E-state index contributed by atoms with van der Waals surface area (Å²) in [5, 5.41) is 13.9. The SMILES string of the molecule is Cc1nn(C)c2c1[C@@H](c1c(F)cccc1Cl)C(C#N)=C(N)O2. The minimum Gasteiger partial charge on any atom is -0.422 e. The Morgan fingerprint density at radius 2 is 2.18 bits per heavy atom. The molecule has 1 atom stereocenters. The molecule has 2 N–H and O–H groups in total. The van der Waals surface area contributed by atoms with Crippen LogP contribution in [0.4, 0.5) is 4.39 Å². The van der Waals surface area contributed by atoms with E-state index in [1.807, 2.05) is 6.07 Å².